The van der Waals surface area contributed by atoms with E-state index in [1.54, 1.807) is 0 Å². The van der Waals surface area contributed by atoms with E-state index in [2.05, 4.69) is 38.2 Å². The Kier molecular flexibility index (Phi) is 3.60. The zero-order chi connectivity index (χ0) is 14.9. The van der Waals surface area contributed by atoms with Crippen LogP contribution in [0.1, 0.15) is 26.3 Å². The molecule has 0 radical (unpaired) electrons. The molecular weight excluding hydrogens is 258 g/mol. The minimum atomic E-state index is 0.281. The topological polar surface area (TPSA) is 37.8 Å². The summed E-state index contributed by atoms with van der Waals surface area (Å²) in [5.74, 6) is 0. The molecule has 3 heteroatoms. The number of nitrogens with zero attached hydrogens (tertiary/aromatic N) is 2. The number of nitrogens with one attached hydrogen (secondary N) is 1. The highest BCUT2D eigenvalue weighted by atomic mass is 14.9. The summed E-state index contributed by atoms with van der Waals surface area (Å²) in [6.45, 7) is 8.50. The van der Waals surface area contributed by atoms with Crippen LogP contribution in [-0.4, -0.2) is 16.5 Å². The van der Waals surface area contributed by atoms with Gasteiger partial charge in [0.2, 0.25) is 0 Å². The van der Waals surface area contributed by atoms with Gasteiger partial charge in [0.1, 0.15) is 0 Å². The molecule has 1 aromatic heterocycles. The van der Waals surface area contributed by atoms with E-state index in [0.29, 0.717) is 0 Å². The average Bonchev–Trinajstić information content (AvgIpc) is 2.44. The fraction of sp³-hybridized carbons (Fsp3) is 0.333. The van der Waals surface area contributed by atoms with Crippen molar-refractivity contribution in [3.05, 3.63) is 48.0 Å². The fourth-order valence-electron chi connectivity index (χ4n) is 2.42. The Hall–Kier alpha value is -2.00. The summed E-state index contributed by atoms with van der Waals surface area (Å²) < 4.78 is 0. The summed E-state index contributed by atoms with van der Waals surface area (Å²) in [5.41, 5.74) is 5.35. The first kappa shape index (κ1) is 14.0. The highest BCUT2D eigenvalue weighted by Crippen LogP contribution is 2.19. The van der Waals surface area contributed by atoms with E-state index in [0.717, 1.165) is 35.2 Å². The molecule has 3 rings (SSSR count). The van der Waals surface area contributed by atoms with E-state index in [1.807, 2.05) is 30.3 Å². The Balaban J connectivity index is 1.97. The van der Waals surface area contributed by atoms with Gasteiger partial charge in [-0.15, -0.1) is 0 Å². The van der Waals surface area contributed by atoms with Crippen LogP contribution in [0.5, 0.6) is 0 Å². The van der Waals surface area contributed by atoms with Crippen LogP contribution < -0.4 is 5.32 Å². The molecule has 0 fully saturated rings. The summed E-state index contributed by atoms with van der Waals surface area (Å²) in [6, 6.07) is 14.2. The molecule has 0 spiro atoms. The quantitative estimate of drug-likeness (QED) is 0.738. The van der Waals surface area contributed by atoms with Gasteiger partial charge in [0, 0.05) is 13.1 Å². The lowest BCUT2D eigenvalue weighted by molar-refractivity contribution is 0.379. The van der Waals surface area contributed by atoms with Crippen molar-refractivity contribution in [2.24, 2.45) is 5.41 Å². The van der Waals surface area contributed by atoms with Crippen LogP contribution >= 0.6 is 0 Å². The van der Waals surface area contributed by atoms with Crippen molar-refractivity contribution in [3.8, 4) is 0 Å². The predicted molar refractivity (Wildman–Crippen MR) is 88.2 cm³/mol. The lowest BCUT2D eigenvalue weighted by Gasteiger charge is -2.19. The van der Waals surface area contributed by atoms with Crippen LogP contribution in [0.25, 0.3) is 22.1 Å². The Morgan fingerprint density at radius 2 is 1.52 bits per heavy atom. The molecule has 0 saturated carbocycles. The average molecular weight is 279 g/mol. The molecule has 1 heterocycles. The maximum absolute atomic E-state index is 4.79. The van der Waals surface area contributed by atoms with E-state index >= 15 is 0 Å². The number of hydrogen-bond donors (Lipinski definition) is 1. The van der Waals surface area contributed by atoms with Crippen molar-refractivity contribution in [2.45, 2.75) is 27.3 Å². The number of hydrogen-bond acceptors (Lipinski definition) is 3. The first-order valence-electron chi connectivity index (χ1n) is 7.38. The number of aromatic nitrogens is 2. The Morgan fingerprint density at radius 1 is 0.857 bits per heavy atom. The van der Waals surface area contributed by atoms with Gasteiger partial charge in [-0.05, 0) is 29.2 Å². The van der Waals surface area contributed by atoms with Crippen molar-refractivity contribution in [2.75, 3.05) is 6.54 Å². The summed E-state index contributed by atoms with van der Waals surface area (Å²) in [6.07, 6.45) is 0. The molecule has 1 N–H and O–H groups in total. The second-order valence-corrected chi connectivity index (χ2v) is 6.66. The van der Waals surface area contributed by atoms with Gasteiger partial charge in [0.15, 0.2) is 0 Å². The Bertz CT molecular complexity index is 772. The number of fused-ring (bicyclic) bond motifs is 2. The standard InChI is InChI=1S/C18H21N3/c1-18(2,3)12-19-11-13-7-6-10-16-17(13)21-15-9-5-4-8-14(15)20-16/h4-10,19H,11-12H2,1-3H3. The SMILES string of the molecule is CC(C)(C)CNCc1cccc2nc3ccccc3nc12. The molecule has 0 bridgehead atoms. The molecule has 0 amide bonds. The van der Waals surface area contributed by atoms with Gasteiger partial charge >= 0.3 is 0 Å². The molecule has 0 aliphatic rings. The third kappa shape index (κ3) is 3.19. The lowest BCUT2D eigenvalue weighted by Crippen LogP contribution is -2.26. The Morgan fingerprint density at radius 3 is 2.24 bits per heavy atom. The smallest absolute Gasteiger partial charge is 0.0939 e. The molecule has 0 aliphatic heterocycles. The Labute approximate surface area is 125 Å². The van der Waals surface area contributed by atoms with Gasteiger partial charge in [-0.3, -0.25) is 0 Å². The number of para-hydroxylation sites is 3. The van der Waals surface area contributed by atoms with Gasteiger partial charge in [0.05, 0.1) is 22.1 Å². The van der Waals surface area contributed by atoms with Gasteiger partial charge in [-0.2, -0.15) is 0 Å². The molecular formula is C18H21N3. The zero-order valence-electron chi connectivity index (χ0n) is 12.9. The second kappa shape index (κ2) is 5.41. The van der Waals surface area contributed by atoms with Crippen molar-refractivity contribution >= 4 is 22.1 Å². The predicted octanol–water partition coefficient (Wildman–Crippen LogP) is 3.92. The summed E-state index contributed by atoms with van der Waals surface area (Å²) in [5, 5.41) is 3.51. The molecule has 108 valence electrons. The fourth-order valence-corrected chi connectivity index (χ4v) is 2.42. The van der Waals surface area contributed by atoms with Crippen molar-refractivity contribution in [1.29, 1.82) is 0 Å². The molecule has 0 atom stereocenters. The maximum Gasteiger partial charge on any atom is 0.0939 e. The molecule has 3 aromatic rings. The normalized spacial score (nSPS) is 12.1. The molecule has 0 saturated heterocycles. The van der Waals surface area contributed by atoms with E-state index < -0.39 is 0 Å². The van der Waals surface area contributed by atoms with Gasteiger partial charge < -0.3 is 5.32 Å². The maximum atomic E-state index is 4.79. The molecule has 21 heavy (non-hydrogen) atoms. The first-order valence-corrected chi connectivity index (χ1v) is 7.38. The van der Waals surface area contributed by atoms with Gasteiger partial charge in [-0.25, -0.2) is 9.97 Å². The van der Waals surface area contributed by atoms with Crippen LogP contribution in [0.15, 0.2) is 42.5 Å². The summed E-state index contributed by atoms with van der Waals surface area (Å²) in [4.78, 5) is 9.50. The first-order chi connectivity index (χ1) is 10.0. The number of benzene rings is 2. The van der Waals surface area contributed by atoms with E-state index in [4.69, 9.17) is 9.97 Å². The van der Waals surface area contributed by atoms with E-state index in [1.165, 1.54) is 5.56 Å². The zero-order valence-corrected chi connectivity index (χ0v) is 12.9. The van der Waals surface area contributed by atoms with Crippen LogP contribution in [0, 0.1) is 5.41 Å². The summed E-state index contributed by atoms with van der Waals surface area (Å²) >= 11 is 0. The van der Waals surface area contributed by atoms with Crippen molar-refractivity contribution in [1.82, 2.24) is 15.3 Å². The number of rotatable bonds is 3. The lowest BCUT2D eigenvalue weighted by atomic mass is 9.97. The highest BCUT2D eigenvalue weighted by molar-refractivity contribution is 5.87. The monoisotopic (exact) mass is 279 g/mol. The third-order valence-electron chi connectivity index (χ3n) is 3.42. The minimum absolute atomic E-state index is 0.281. The largest absolute Gasteiger partial charge is 0.312 e. The molecule has 2 aromatic carbocycles. The van der Waals surface area contributed by atoms with Crippen LogP contribution in [-0.2, 0) is 6.54 Å². The highest BCUT2D eigenvalue weighted by Gasteiger charge is 2.10. The molecule has 0 aliphatic carbocycles. The summed E-state index contributed by atoms with van der Waals surface area (Å²) in [7, 11) is 0. The van der Waals surface area contributed by atoms with E-state index in [-0.39, 0.29) is 5.41 Å². The van der Waals surface area contributed by atoms with Crippen LogP contribution in [0.3, 0.4) is 0 Å². The van der Waals surface area contributed by atoms with E-state index in [9.17, 15) is 0 Å². The van der Waals surface area contributed by atoms with Gasteiger partial charge in [-0.1, -0.05) is 45.0 Å². The van der Waals surface area contributed by atoms with Crippen LogP contribution in [0.2, 0.25) is 0 Å². The second-order valence-electron chi connectivity index (χ2n) is 6.66. The molecule has 0 unspecified atom stereocenters. The molecule has 3 nitrogen and oxygen atoms in total. The third-order valence-corrected chi connectivity index (χ3v) is 3.42. The van der Waals surface area contributed by atoms with Crippen molar-refractivity contribution < 1.29 is 0 Å². The van der Waals surface area contributed by atoms with Crippen LogP contribution in [0.4, 0.5) is 0 Å². The minimum Gasteiger partial charge on any atom is -0.312 e. The van der Waals surface area contributed by atoms with Crippen molar-refractivity contribution in [3.63, 3.8) is 0 Å². The van der Waals surface area contributed by atoms with Gasteiger partial charge in [0.25, 0.3) is 0 Å².